The Morgan fingerprint density at radius 1 is 1.00 bits per heavy atom. The second-order valence-electron chi connectivity index (χ2n) is 0. The summed E-state index contributed by atoms with van der Waals surface area (Å²) < 4.78 is 0. The molecule has 6 heavy (non-hydrogen) atoms. The first-order valence-electron chi connectivity index (χ1n) is 0.258. The molecule has 0 aliphatic carbocycles. The van der Waals surface area contributed by atoms with Crippen LogP contribution in [-0.4, -0.2) is 5.21 Å². The van der Waals surface area contributed by atoms with Gasteiger partial charge in [0, 0.05) is 0 Å². The molecule has 0 radical (unpaired) electrons. The van der Waals surface area contributed by atoms with Crippen molar-refractivity contribution in [1.29, 1.82) is 0 Å². The third-order valence-electron chi connectivity index (χ3n) is 0. The van der Waals surface area contributed by atoms with E-state index in [2.05, 4.69) is 5.90 Å². The second kappa shape index (κ2) is 34.2. The zero-order valence-electron chi connectivity index (χ0n) is 3.78. The van der Waals surface area contributed by atoms with E-state index in [1.807, 2.05) is 0 Å². The number of hydrogen-bond donors (Lipinski definition) is 2. The van der Waals surface area contributed by atoms with Crippen molar-refractivity contribution >= 4 is 0 Å². The summed E-state index contributed by atoms with van der Waals surface area (Å²) in [7, 11) is 0. The van der Waals surface area contributed by atoms with Gasteiger partial charge in [-0.2, -0.15) is 0 Å². The molecule has 0 aliphatic rings. The van der Waals surface area contributed by atoms with Gasteiger partial charge < -0.3 is 46.2 Å². The quantitative estimate of drug-likeness (QED) is 0.265. The maximum atomic E-state index is 6.50. The van der Waals surface area contributed by atoms with E-state index >= 15 is 0 Å². The monoisotopic (exact) mass is 317 g/mol. The molecule has 0 aromatic carbocycles. The van der Waals surface area contributed by atoms with Gasteiger partial charge in [-0.1, -0.05) is 0 Å². The molecule has 0 aromatic rings. The minimum absolute atomic E-state index is 0. The summed E-state index contributed by atoms with van der Waals surface area (Å²) in [6.45, 7) is 0. The van der Waals surface area contributed by atoms with Crippen LogP contribution in [0.1, 0.15) is 0 Å². The van der Waals surface area contributed by atoms with Gasteiger partial charge >= 0.3 is 103 Å². The largest absolute Gasteiger partial charge is 1.00 e. The van der Waals surface area contributed by atoms with Crippen molar-refractivity contribution in [2.24, 2.45) is 5.90 Å². The van der Waals surface area contributed by atoms with E-state index in [9.17, 15) is 0 Å². The summed E-state index contributed by atoms with van der Waals surface area (Å²) in [6, 6.07) is 0. The van der Waals surface area contributed by atoms with Crippen molar-refractivity contribution in [2.75, 3.05) is 0 Å². The Bertz CT molecular complexity index is 13.5. The summed E-state index contributed by atoms with van der Waals surface area (Å²) in [5.74, 6) is 3.50. The zero-order valence-corrected chi connectivity index (χ0v) is 13.8. The van der Waals surface area contributed by atoms with Crippen molar-refractivity contribution in [2.45, 2.75) is 0 Å². The fourth-order valence-electron chi connectivity index (χ4n) is 0. The topological polar surface area (TPSA) is 46.2 Å². The maximum Gasteiger partial charge on any atom is 1.00 e. The molecule has 0 saturated heterocycles. The Balaban J connectivity index is -0.000000000833. The van der Waals surface area contributed by atoms with Crippen LogP contribution in [0.5, 0.6) is 0 Å². The molecule has 0 atom stereocenters. The third-order valence-corrected chi connectivity index (χ3v) is 0. The van der Waals surface area contributed by atoms with Gasteiger partial charge in [0.15, 0.2) is 0 Å². The van der Waals surface area contributed by atoms with Gasteiger partial charge in [-0.3, -0.25) is 0 Å². The van der Waals surface area contributed by atoms with Crippen molar-refractivity contribution < 1.29 is 149 Å². The molecule has 2 nitrogen and oxygen atoms in total. The Morgan fingerprint density at radius 3 is 1.00 bits per heavy atom. The van der Waals surface area contributed by atoms with E-state index in [1.165, 1.54) is 0 Å². The average Bonchev–Trinajstić information content (AvgIpc) is 1.00. The van der Waals surface area contributed by atoms with Gasteiger partial charge in [0.2, 0.25) is 0 Å². The van der Waals surface area contributed by atoms with Crippen molar-refractivity contribution in [3.63, 3.8) is 0 Å². The fourth-order valence-corrected chi connectivity index (χ4v) is 0. The van der Waals surface area contributed by atoms with E-state index in [0.29, 0.717) is 0 Å². The third kappa shape index (κ3) is 23.8. The van der Waals surface area contributed by atoms with Crippen molar-refractivity contribution in [3.05, 3.63) is 0 Å². The SMILES string of the molecule is NO.[Br-].[I-].[K+].[K+]. The second-order valence-corrected chi connectivity index (χ2v) is 0. The van der Waals surface area contributed by atoms with Crippen LogP contribution in [0.4, 0.5) is 0 Å². The summed E-state index contributed by atoms with van der Waals surface area (Å²) in [6.07, 6.45) is 0. The first kappa shape index (κ1) is 31.5. The first-order valence-corrected chi connectivity index (χ1v) is 0.258. The van der Waals surface area contributed by atoms with Crippen LogP contribution in [0.15, 0.2) is 0 Å². The number of nitrogens with two attached hydrogens (primary N) is 1. The van der Waals surface area contributed by atoms with Crippen LogP contribution in [0.25, 0.3) is 0 Å². The molecule has 30 valence electrons. The maximum absolute atomic E-state index is 6.50. The van der Waals surface area contributed by atoms with Gasteiger partial charge in [-0.25, -0.2) is 5.90 Å². The summed E-state index contributed by atoms with van der Waals surface area (Å²) in [5, 5.41) is 6.50. The van der Waals surface area contributed by atoms with Crippen molar-refractivity contribution in [3.8, 4) is 0 Å². The van der Waals surface area contributed by atoms with Gasteiger partial charge in [0.1, 0.15) is 0 Å². The number of halogens is 2. The molecule has 0 rings (SSSR count). The van der Waals surface area contributed by atoms with Crippen LogP contribution in [0.2, 0.25) is 0 Å². The van der Waals surface area contributed by atoms with E-state index in [0.717, 1.165) is 0 Å². The standard InChI is InChI=1S/BrH.HI.2K.H3NO/c;;;;1-2/h2*1H;;;2H,1H2/q;;2*+1;/p-2. The van der Waals surface area contributed by atoms with E-state index in [4.69, 9.17) is 5.21 Å². The molecule has 0 amide bonds. The first-order chi connectivity index (χ1) is 1.00. The Kier molecular flexibility index (Phi) is 180. The van der Waals surface area contributed by atoms with E-state index in [-0.39, 0.29) is 144 Å². The van der Waals surface area contributed by atoms with Crippen LogP contribution < -0.4 is 150 Å². The smallest absolute Gasteiger partial charge is 1.00 e. The molecular weight excluding hydrogens is 315 g/mol. The summed E-state index contributed by atoms with van der Waals surface area (Å²) in [5.41, 5.74) is 0. The Morgan fingerprint density at radius 2 is 1.00 bits per heavy atom. The van der Waals surface area contributed by atoms with Crippen molar-refractivity contribution in [1.82, 2.24) is 0 Å². The molecule has 0 aromatic heterocycles. The molecular formula is H3BrIK2NO. The molecule has 0 saturated carbocycles. The molecule has 3 N–H and O–H groups in total. The van der Waals surface area contributed by atoms with Crippen LogP contribution in [0.3, 0.4) is 0 Å². The normalized spacial score (nSPS) is 1.00. The predicted octanol–water partition coefficient (Wildman–Crippen LogP) is -12.6. The average molecular weight is 318 g/mol. The van der Waals surface area contributed by atoms with Gasteiger partial charge in [-0.05, 0) is 0 Å². The van der Waals surface area contributed by atoms with Gasteiger partial charge in [0.05, 0.1) is 0 Å². The van der Waals surface area contributed by atoms with Gasteiger partial charge in [0.25, 0.3) is 0 Å². The van der Waals surface area contributed by atoms with E-state index in [1.54, 1.807) is 0 Å². The molecule has 0 bridgehead atoms. The molecule has 0 spiro atoms. The fraction of sp³-hybridized carbons (Fsp3) is 0. The van der Waals surface area contributed by atoms with Crippen LogP contribution in [-0.2, 0) is 0 Å². The zero-order chi connectivity index (χ0) is 2.00. The van der Waals surface area contributed by atoms with Crippen LogP contribution in [0, 0.1) is 0 Å². The molecule has 0 unspecified atom stereocenters. The molecule has 0 fully saturated rings. The number of hydrogen-bond acceptors (Lipinski definition) is 2. The minimum Gasteiger partial charge on any atom is -1.00 e. The molecule has 0 aliphatic heterocycles. The predicted molar refractivity (Wildman–Crippen MR) is 5.97 cm³/mol. The minimum atomic E-state index is 0. The molecule has 0 heterocycles. The Hall–Kier alpha value is 4.40. The van der Waals surface area contributed by atoms with E-state index < -0.39 is 0 Å². The number of rotatable bonds is 0. The Labute approximate surface area is 150 Å². The molecule has 6 heteroatoms. The summed E-state index contributed by atoms with van der Waals surface area (Å²) >= 11 is 0. The van der Waals surface area contributed by atoms with Crippen LogP contribution >= 0.6 is 0 Å². The van der Waals surface area contributed by atoms with Gasteiger partial charge in [-0.15, -0.1) is 0 Å². The summed E-state index contributed by atoms with van der Waals surface area (Å²) in [4.78, 5) is 0.